The second-order valence-corrected chi connectivity index (χ2v) is 16.3. The summed E-state index contributed by atoms with van der Waals surface area (Å²) in [5, 5.41) is 16.1. The van der Waals surface area contributed by atoms with E-state index in [2.05, 4.69) is 66.9 Å². The first-order valence-corrected chi connectivity index (χ1v) is 14.4. The Labute approximate surface area is 197 Å². The molecular weight excluding hydrogens is 440 g/mol. The van der Waals surface area contributed by atoms with Crippen LogP contribution in [-0.2, 0) is 0 Å². The summed E-state index contributed by atoms with van der Waals surface area (Å²) in [7, 11) is -2.34. The van der Waals surface area contributed by atoms with E-state index < -0.39 is 8.32 Å². The number of anilines is 1. The highest BCUT2D eigenvalue weighted by Gasteiger charge is 2.41. The molecule has 0 bridgehead atoms. The molecule has 5 nitrogen and oxygen atoms in total. The SMILES string of the molecule is Cc1cc(-c2cccc([N+](=O)[O-])c2O[Si](C)(C)C(C)(C)C)c(Cl)c2c1NC(C)(C)CC2C. The van der Waals surface area contributed by atoms with E-state index in [1.807, 2.05) is 12.1 Å². The molecule has 0 amide bonds. The third-order valence-electron chi connectivity index (χ3n) is 6.91. The van der Waals surface area contributed by atoms with Crippen molar-refractivity contribution in [3.63, 3.8) is 0 Å². The predicted octanol–water partition coefficient (Wildman–Crippen LogP) is 8.31. The average Bonchev–Trinajstić information content (AvgIpc) is 2.62. The van der Waals surface area contributed by atoms with Gasteiger partial charge >= 0.3 is 5.69 Å². The van der Waals surface area contributed by atoms with Crippen LogP contribution in [0.3, 0.4) is 0 Å². The number of fused-ring (bicyclic) bond motifs is 1. The second-order valence-electron chi connectivity index (χ2n) is 11.2. The number of nitrogens with zero attached hydrogens (tertiary/aromatic N) is 1. The molecule has 1 heterocycles. The summed E-state index contributed by atoms with van der Waals surface area (Å²) in [6, 6.07) is 7.13. The molecule has 1 N–H and O–H groups in total. The van der Waals surface area contributed by atoms with Crippen LogP contribution in [0.4, 0.5) is 11.4 Å². The van der Waals surface area contributed by atoms with Crippen molar-refractivity contribution in [2.45, 2.75) is 84.5 Å². The van der Waals surface area contributed by atoms with E-state index in [4.69, 9.17) is 16.0 Å². The van der Waals surface area contributed by atoms with Gasteiger partial charge in [0.25, 0.3) is 8.32 Å². The van der Waals surface area contributed by atoms with Gasteiger partial charge in [-0.15, -0.1) is 0 Å². The Hall–Kier alpha value is -2.05. The Balaban J connectivity index is 2.28. The monoisotopic (exact) mass is 474 g/mol. The fourth-order valence-electron chi connectivity index (χ4n) is 4.30. The Bertz CT molecular complexity index is 1070. The van der Waals surface area contributed by atoms with E-state index in [0.29, 0.717) is 16.3 Å². The van der Waals surface area contributed by atoms with Crippen molar-refractivity contribution in [3.8, 4) is 16.9 Å². The van der Waals surface area contributed by atoms with Crippen molar-refractivity contribution in [1.29, 1.82) is 0 Å². The standard InChI is InChI=1S/C25H35ClN2O3Si/c1-15-13-18(21(26)20-16(2)14-25(6,7)27-22(15)20)17-11-10-12-19(28(29)30)23(17)31-32(8,9)24(3,4)5/h10-13,16,27H,14H2,1-9H3. The minimum absolute atomic E-state index is 0.0222. The molecule has 0 radical (unpaired) electrons. The number of para-hydroxylation sites is 1. The van der Waals surface area contributed by atoms with Crippen LogP contribution in [0.2, 0.25) is 23.2 Å². The molecule has 1 atom stereocenters. The van der Waals surface area contributed by atoms with E-state index in [1.165, 1.54) is 6.07 Å². The van der Waals surface area contributed by atoms with Crippen molar-refractivity contribution in [2.24, 2.45) is 0 Å². The van der Waals surface area contributed by atoms with Gasteiger partial charge in [0, 0.05) is 28.4 Å². The number of benzene rings is 2. The topological polar surface area (TPSA) is 64.4 Å². The fraction of sp³-hybridized carbons (Fsp3) is 0.520. The Morgan fingerprint density at radius 2 is 1.88 bits per heavy atom. The normalized spacial score (nSPS) is 18.0. The van der Waals surface area contributed by atoms with E-state index in [0.717, 1.165) is 28.8 Å². The van der Waals surface area contributed by atoms with E-state index in [-0.39, 0.29) is 27.1 Å². The third-order valence-corrected chi connectivity index (χ3v) is 11.6. The predicted molar refractivity (Wildman–Crippen MR) is 137 cm³/mol. The Kier molecular flexibility index (Phi) is 6.20. The van der Waals surface area contributed by atoms with Crippen molar-refractivity contribution in [3.05, 3.63) is 50.5 Å². The van der Waals surface area contributed by atoms with Crippen LogP contribution in [0.25, 0.3) is 11.1 Å². The average molecular weight is 475 g/mol. The lowest BCUT2D eigenvalue weighted by Crippen LogP contribution is -2.44. The van der Waals surface area contributed by atoms with Crippen LogP contribution in [0.15, 0.2) is 24.3 Å². The van der Waals surface area contributed by atoms with Crippen molar-refractivity contribution >= 4 is 31.3 Å². The van der Waals surface area contributed by atoms with Crippen LogP contribution in [0, 0.1) is 17.0 Å². The molecule has 1 aliphatic heterocycles. The first-order valence-electron chi connectivity index (χ1n) is 11.1. The minimum atomic E-state index is -2.34. The minimum Gasteiger partial charge on any atom is -0.538 e. The Morgan fingerprint density at radius 1 is 1.25 bits per heavy atom. The summed E-state index contributed by atoms with van der Waals surface area (Å²) in [6.07, 6.45) is 0.949. The molecule has 1 unspecified atom stereocenters. The van der Waals surface area contributed by atoms with Gasteiger partial charge in [-0.25, -0.2) is 0 Å². The Morgan fingerprint density at radius 3 is 2.44 bits per heavy atom. The van der Waals surface area contributed by atoms with Crippen LogP contribution >= 0.6 is 11.6 Å². The molecule has 174 valence electrons. The van der Waals surface area contributed by atoms with Crippen LogP contribution in [0.1, 0.15) is 65.0 Å². The molecule has 32 heavy (non-hydrogen) atoms. The van der Waals surface area contributed by atoms with E-state index >= 15 is 0 Å². The summed E-state index contributed by atoms with van der Waals surface area (Å²) in [5.41, 5.74) is 4.63. The maximum absolute atomic E-state index is 11.9. The van der Waals surface area contributed by atoms with Gasteiger partial charge in [-0.2, -0.15) is 0 Å². The maximum Gasteiger partial charge on any atom is 0.310 e. The van der Waals surface area contributed by atoms with Crippen LogP contribution in [-0.4, -0.2) is 18.8 Å². The molecule has 7 heteroatoms. The number of hydrogen-bond acceptors (Lipinski definition) is 4. The maximum atomic E-state index is 11.9. The van der Waals surface area contributed by atoms with Gasteiger partial charge in [0.1, 0.15) is 0 Å². The lowest BCUT2D eigenvalue weighted by Gasteiger charge is -2.39. The molecular formula is C25H35ClN2O3Si. The number of nitrogens with one attached hydrogen (secondary N) is 1. The molecule has 0 aromatic heterocycles. The highest BCUT2D eigenvalue weighted by atomic mass is 35.5. The first kappa shape index (κ1) is 24.6. The van der Waals surface area contributed by atoms with Gasteiger partial charge in [0.15, 0.2) is 5.75 Å². The number of nitro benzene ring substituents is 1. The molecule has 0 saturated carbocycles. The second kappa shape index (κ2) is 8.06. The molecule has 0 fully saturated rings. The number of halogens is 1. The van der Waals surface area contributed by atoms with Crippen molar-refractivity contribution in [1.82, 2.24) is 0 Å². The smallest absolute Gasteiger partial charge is 0.310 e. The van der Waals surface area contributed by atoms with Gasteiger partial charge in [-0.05, 0) is 68.4 Å². The lowest BCUT2D eigenvalue weighted by atomic mass is 9.79. The van der Waals surface area contributed by atoms with Gasteiger partial charge < -0.3 is 9.74 Å². The largest absolute Gasteiger partial charge is 0.538 e. The molecule has 0 spiro atoms. The molecule has 0 aliphatic carbocycles. The molecule has 2 aromatic carbocycles. The quantitative estimate of drug-likeness (QED) is 0.275. The van der Waals surface area contributed by atoms with Crippen molar-refractivity contribution in [2.75, 3.05) is 5.32 Å². The first-order chi connectivity index (χ1) is 14.6. The summed E-state index contributed by atoms with van der Waals surface area (Å²) in [4.78, 5) is 11.6. The van der Waals surface area contributed by atoms with Gasteiger partial charge in [-0.3, -0.25) is 10.1 Å². The summed E-state index contributed by atoms with van der Waals surface area (Å²) in [6.45, 7) is 19.2. The highest BCUT2D eigenvalue weighted by Crippen LogP contribution is 2.51. The lowest BCUT2D eigenvalue weighted by molar-refractivity contribution is -0.385. The van der Waals surface area contributed by atoms with Crippen LogP contribution < -0.4 is 9.74 Å². The molecule has 3 rings (SSSR count). The van der Waals surface area contributed by atoms with Crippen molar-refractivity contribution < 1.29 is 9.35 Å². The van der Waals surface area contributed by atoms with Gasteiger partial charge in [0.05, 0.1) is 9.95 Å². The molecule has 1 aliphatic rings. The highest BCUT2D eigenvalue weighted by molar-refractivity contribution is 6.74. The number of hydrogen-bond donors (Lipinski definition) is 1. The van der Waals surface area contributed by atoms with E-state index in [9.17, 15) is 10.1 Å². The molecule has 0 saturated heterocycles. The number of nitro groups is 1. The fourth-order valence-corrected chi connectivity index (χ4v) is 5.77. The summed E-state index contributed by atoms with van der Waals surface area (Å²) < 4.78 is 6.57. The van der Waals surface area contributed by atoms with Crippen LogP contribution in [0.5, 0.6) is 5.75 Å². The zero-order chi connectivity index (χ0) is 24.2. The number of aryl methyl sites for hydroxylation is 1. The summed E-state index contributed by atoms with van der Waals surface area (Å²) in [5.74, 6) is 0.581. The summed E-state index contributed by atoms with van der Waals surface area (Å²) >= 11 is 7.03. The van der Waals surface area contributed by atoms with E-state index in [1.54, 1.807) is 6.07 Å². The number of rotatable bonds is 4. The third kappa shape index (κ3) is 4.40. The van der Waals surface area contributed by atoms with Gasteiger partial charge in [0.2, 0.25) is 0 Å². The molecule has 2 aromatic rings. The zero-order valence-corrected chi connectivity index (χ0v) is 22.4. The van der Waals surface area contributed by atoms with Gasteiger partial charge in [-0.1, -0.05) is 51.4 Å². The zero-order valence-electron chi connectivity index (χ0n) is 20.6.